The predicted molar refractivity (Wildman–Crippen MR) is 84.6 cm³/mol. The van der Waals surface area contributed by atoms with Crippen LogP contribution in [0.3, 0.4) is 0 Å². The van der Waals surface area contributed by atoms with Crippen molar-refractivity contribution in [3.05, 3.63) is 46.5 Å². The molecule has 114 valence electrons. The SMILES string of the molecule is Cc1noc(-c2ccnc(NCC(C)(O)c3ccsc3)c2)n1. The topological polar surface area (TPSA) is 84.1 Å². The van der Waals surface area contributed by atoms with E-state index in [9.17, 15) is 5.11 Å². The summed E-state index contributed by atoms with van der Waals surface area (Å²) in [7, 11) is 0. The van der Waals surface area contributed by atoms with E-state index in [0.29, 0.717) is 24.1 Å². The summed E-state index contributed by atoms with van der Waals surface area (Å²) in [4.78, 5) is 8.44. The molecular formula is C15H16N4O2S. The van der Waals surface area contributed by atoms with Crippen LogP contribution in [-0.4, -0.2) is 26.8 Å². The van der Waals surface area contributed by atoms with Crippen LogP contribution >= 0.6 is 11.3 Å². The second-order valence-corrected chi connectivity index (χ2v) is 6.00. The van der Waals surface area contributed by atoms with Crippen molar-refractivity contribution in [1.29, 1.82) is 0 Å². The first-order chi connectivity index (χ1) is 10.5. The number of thiophene rings is 1. The Kier molecular flexibility index (Phi) is 3.91. The van der Waals surface area contributed by atoms with Crippen LogP contribution in [0.1, 0.15) is 18.3 Å². The van der Waals surface area contributed by atoms with Gasteiger partial charge in [-0.2, -0.15) is 16.3 Å². The van der Waals surface area contributed by atoms with Crippen LogP contribution in [0.4, 0.5) is 5.82 Å². The molecule has 3 aromatic rings. The lowest BCUT2D eigenvalue weighted by atomic mass is 9.99. The minimum absolute atomic E-state index is 0.350. The smallest absolute Gasteiger partial charge is 0.258 e. The molecule has 3 heterocycles. The molecule has 1 unspecified atom stereocenters. The summed E-state index contributed by atoms with van der Waals surface area (Å²) in [5.41, 5.74) is 0.709. The quantitative estimate of drug-likeness (QED) is 0.753. The molecule has 0 aliphatic carbocycles. The molecule has 1 atom stereocenters. The van der Waals surface area contributed by atoms with E-state index in [0.717, 1.165) is 11.1 Å². The number of aliphatic hydroxyl groups is 1. The summed E-state index contributed by atoms with van der Waals surface area (Å²) in [6.07, 6.45) is 1.66. The highest BCUT2D eigenvalue weighted by Gasteiger charge is 2.23. The molecule has 3 rings (SSSR count). The van der Waals surface area contributed by atoms with Crippen LogP contribution in [0.15, 0.2) is 39.7 Å². The standard InChI is InChI=1S/C15H16N4O2S/c1-10-18-14(21-19-10)11-3-5-16-13(7-11)17-9-15(2,20)12-4-6-22-8-12/h3-8,20H,9H2,1-2H3,(H,16,17). The molecule has 0 aliphatic heterocycles. The van der Waals surface area contributed by atoms with Gasteiger partial charge in [-0.3, -0.25) is 0 Å². The van der Waals surface area contributed by atoms with E-state index in [1.807, 2.05) is 22.9 Å². The van der Waals surface area contributed by atoms with Gasteiger partial charge in [0.2, 0.25) is 0 Å². The summed E-state index contributed by atoms with van der Waals surface area (Å²) in [6, 6.07) is 5.53. The van der Waals surface area contributed by atoms with Crippen molar-refractivity contribution >= 4 is 17.2 Å². The molecule has 7 heteroatoms. The Balaban J connectivity index is 1.73. The first kappa shape index (κ1) is 14.7. The molecule has 0 aromatic carbocycles. The molecule has 0 saturated carbocycles. The third kappa shape index (κ3) is 3.15. The molecular weight excluding hydrogens is 300 g/mol. The number of rotatable bonds is 5. The molecule has 3 aromatic heterocycles. The average molecular weight is 316 g/mol. The zero-order valence-corrected chi connectivity index (χ0v) is 13.1. The Hall–Kier alpha value is -2.25. The maximum Gasteiger partial charge on any atom is 0.258 e. The summed E-state index contributed by atoms with van der Waals surface area (Å²) < 4.78 is 5.14. The molecule has 0 bridgehead atoms. The van der Waals surface area contributed by atoms with Crippen molar-refractivity contribution < 1.29 is 9.63 Å². The van der Waals surface area contributed by atoms with Crippen molar-refractivity contribution in [1.82, 2.24) is 15.1 Å². The van der Waals surface area contributed by atoms with Crippen LogP contribution in [0, 0.1) is 6.92 Å². The highest BCUT2D eigenvalue weighted by Crippen LogP contribution is 2.24. The zero-order valence-electron chi connectivity index (χ0n) is 12.3. The number of aromatic nitrogens is 3. The van der Waals surface area contributed by atoms with Gasteiger partial charge in [0.1, 0.15) is 11.4 Å². The van der Waals surface area contributed by atoms with E-state index < -0.39 is 5.60 Å². The molecule has 0 fully saturated rings. The number of hydrogen-bond acceptors (Lipinski definition) is 7. The van der Waals surface area contributed by atoms with Gasteiger partial charge in [-0.25, -0.2) is 4.98 Å². The highest BCUT2D eigenvalue weighted by molar-refractivity contribution is 7.08. The minimum Gasteiger partial charge on any atom is -0.384 e. The van der Waals surface area contributed by atoms with E-state index in [2.05, 4.69) is 20.4 Å². The molecule has 0 spiro atoms. The lowest BCUT2D eigenvalue weighted by Gasteiger charge is -2.23. The van der Waals surface area contributed by atoms with E-state index >= 15 is 0 Å². The minimum atomic E-state index is -0.960. The fourth-order valence-electron chi connectivity index (χ4n) is 2.01. The van der Waals surface area contributed by atoms with Gasteiger partial charge in [-0.05, 0) is 48.4 Å². The molecule has 0 amide bonds. The lowest BCUT2D eigenvalue weighted by molar-refractivity contribution is 0.0719. The molecule has 0 aliphatic rings. The number of hydrogen-bond donors (Lipinski definition) is 2. The van der Waals surface area contributed by atoms with Gasteiger partial charge in [-0.15, -0.1) is 0 Å². The van der Waals surface area contributed by atoms with Crippen LogP contribution in [0.2, 0.25) is 0 Å². The Labute approximate surface area is 131 Å². The first-order valence-electron chi connectivity index (χ1n) is 6.80. The Morgan fingerprint density at radius 2 is 2.27 bits per heavy atom. The number of nitrogens with one attached hydrogen (secondary N) is 1. The molecule has 2 N–H and O–H groups in total. The molecule has 0 saturated heterocycles. The second kappa shape index (κ2) is 5.86. The van der Waals surface area contributed by atoms with Crippen molar-refractivity contribution in [3.63, 3.8) is 0 Å². The second-order valence-electron chi connectivity index (χ2n) is 5.22. The predicted octanol–water partition coefficient (Wildman–Crippen LogP) is 2.82. The summed E-state index contributed by atoms with van der Waals surface area (Å²) in [5.74, 6) is 1.68. The largest absolute Gasteiger partial charge is 0.384 e. The van der Waals surface area contributed by atoms with Crippen molar-refractivity contribution in [2.75, 3.05) is 11.9 Å². The van der Waals surface area contributed by atoms with Crippen LogP contribution < -0.4 is 5.32 Å². The summed E-state index contributed by atoms with van der Waals surface area (Å²) in [6.45, 7) is 3.89. The Morgan fingerprint density at radius 3 is 2.95 bits per heavy atom. The molecule has 6 nitrogen and oxygen atoms in total. The van der Waals surface area contributed by atoms with E-state index in [1.165, 1.54) is 0 Å². The third-order valence-electron chi connectivity index (χ3n) is 3.29. The Bertz CT molecular complexity index is 753. The van der Waals surface area contributed by atoms with Gasteiger partial charge in [-0.1, -0.05) is 5.16 Å². The van der Waals surface area contributed by atoms with Crippen LogP contribution in [0.5, 0.6) is 0 Å². The first-order valence-corrected chi connectivity index (χ1v) is 7.74. The van der Waals surface area contributed by atoms with Crippen LogP contribution in [0.25, 0.3) is 11.5 Å². The van der Waals surface area contributed by atoms with Gasteiger partial charge in [0.05, 0.1) is 0 Å². The molecule has 0 radical (unpaired) electrons. The normalized spacial score (nSPS) is 13.8. The van der Waals surface area contributed by atoms with Gasteiger partial charge < -0.3 is 14.9 Å². The van der Waals surface area contributed by atoms with E-state index in [-0.39, 0.29) is 0 Å². The van der Waals surface area contributed by atoms with Crippen molar-refractivity contribution in [2.24, 2.45) is 0 Å². The van der Waals surface area contributed by atoms with E-state index in [4.69, 9.17) is 4.52 Å². The number of aryl methyl sites for hydroxylation is 1. The molecule has 22 heavy (non-hydrogen) atoms. The lowest BCUT2D eigenvalue weighted by Crippen LogP contribution is -2.30. The number of anilines is 1. The maximum absolute atomic E-state index is 10.5. The van der Waals surface area contributed by atoms with Crippen molar-refractivity contribution in [2.45, 2.75) is 19.4 Å². The monoisotopic (exact) mass is 316 g/mol. The maximum atomic E-state index is 10.5. The van der Waals surface area contributed by atoms with Gasteiger partial charge in [0, 0.05) is 18.3 Å². The fourth-order valence-corrected chi connectivity index (χ4v) is 2.79. The third-order valence-corrected chi connectivity index (χ3v) is 3.97. The van der Waals surface area contributed by atoms with Gasteiger partial charge >= 0.3 is 0 Å². The number of pyridine rings is 1. The highest BCUT2D eigenvalue weighted by atomic mass is 32.1. The zero-order chi connectivity index (χ0) is 15.6. The Morgan fingerprint density at radius 1 is 1.41 bits per heavy atom. The average Bonchev–Trinajstić information content (AvgIpc) is 3.17. The van der Waals surface area contributed by atoms with Crippen LogP contribution in [-0.2, 0) is 5.60 Å². The fraction of sp³-hybridized carbons (Fsp3) is 0.267. The summed E-state index contributed by atoms with van der Waals surface area (Å²) >= 11 is 1.56. The van der Waals surface area contributed by atoms with E-state index in [1.54, 1.807) is 37.4 Å². The van der Waals surface area contributed by atoms with Gasteiger partial charge in [0.15, 0.2) is 5.82 Å². The van der Waals surface area contributed by atoms with Gasteiger partial charge in [0.25, 0.3) is 5.89 Å². The van der Waals surface area contributed by atoms with Crippen molar-refractivity contribution in [3.8, 4) is 11.5 Å². The number of nitrogens with zero attached hydrogens (tertiary/aromatic N) is 3. The summed E-state index contributed by atoms with van der Waals surface area (Å²) in [5, 5.41) is 21.3.